The lowest BCUT2D eigenvalue weighted by Gasteiger charge is -2.05. The minimum atomic E-state index is -0.356. The van der Waals surface area contributed by atoms with Crippen LogP contribution in [0.3, 0.4) is 0 Å². The van der Waals surface area contributed by atoms with Crippen molar-refractivity contribution in [3.63, 3.8) is 0 Å². The van der Waals surface area contributed by atoms with E-state index >= 15 is 0 Å². The number of hydrogen-bond donors (Lipinski definition) is 0. The van der Waals surface area contributed by atoms with Gasteiger partial charge in [-0.3, -0.25) is 10.1 Å². The van der Waals surface area contributed by atoms with Gasteiger partial charge in [0.15, 0.2) is 11.0 Å². The number of nitro benzene ring substituents is 1. The van der Waals surface area contributed by atoms with Crippen LogP contribution in [0.15, 0.2) is 53.7 Å². The Morgan fingerprint density at radius 2 is 1.96 bits per heavy atom. The molecular formula is C17H16N4O2S. The molecule has 0 aliphatic heterocycles. The van der Waals surface area contributed by atoms with Gasteiger partial charge in [0.25, 0.3) is 5.69 Å². The fourth-order valence-electron chi connectivity index (χ4n) is 2.43. The van der Waals surface area contributed by atoms with Gasteiger partial charge in [-0.05, 0) is 13.0 Å². The van der Waals surface area contributed by atoms with Crippen LogP contribution in [-0.2, 0) is 12.8 Å². The highest BCUT2D eigenvalue weighted by Gasteiger charge is 2.15. The molecule has 0 aliphatic rings. The van der Waals surface area contributed by atoms with Crippen LogP contribution in [0.25, 0.3) is 11.4 Å². The van der Waals surface area contributed by atoms with E-state index in [0.29, 0.717) is 11.3 Å². The number of aryl methyl sites for hydroxylation is 1. The van der Waals surface area contributed by atoms with Gasteiger partial charge >= 0.3 is 0 Å². The number of hydrogen-bond acceptors (Lipinski definition) is 5. The normalized spacial score (nSPS) is 10.8. The Morgan fingerprint density at radius 3 is 2.71 bits per heavy atom. The third-order valence-electron chi connectivity index (χ3n) is 3.66. The predicted octanol–water partition coefficient (Wildman–Crippen LogP) is 3.99. The summed E-state index contributed by atoms with van der Waals surface area (Å²) in [4.78, 5) is 10.7. The van der Waals surface area contributed by atoms with E-state index in [-0.39, 0.29) is 10.6 Å². The van der Waals surface area contributed by atoms with Crippen LogP contribution in [0.5, 0.6) is 0 Å². The predicted molar refractivity (Wildman–Crippen MR) is 93.8 cm³/mol. The van der Waals surface area contributed by atoms with Gasteiger partial charge < -0.3 is 4.57 Å². The quantitative estimate of drug-likeness (QED) is 0.399. The van der Waals surface area contributed by atoms with Crippen molar-refractivity contribution in [2.75, 3.05) is 0 Å². The molecule has 1 heterocycles. The molecule has 0 bridgehead atoms. The van der Waals surface area contributed by atoms with Crippen LogP contribution < -0.4 is 0 Å². The number of thioether (sulfide) groups is 1. The first-order chi connectivity index (χ1) is 11.6. The Labute approximate surface area is 143 Å². The lowest BCUT2D eigenvalue weighted by molar-refractivity contribution is -0.385. The molecule has 0 saturated carbocycles. The van der Waals surface area contributed by atoms with Crippen molar-refractivity contribution < 1.29 is 4.92 Å². The van der Waals surface area contributed by atoms with Crippen LogP contribution >= 0.6 is 11.8 Å². The van der Waals surface area contributed by atoms with E-state index in [1.807, 2.05) is 36.7 Å². The molecule has 0 spiro atoms. The first kappa shape index (κ1) is 16.2. The molecule has 0 aliphatic carbocycles. The molecule has 7 heteroatoms. The second-order valence-electron chi connectivity index (χ2n) is 5.41. The van der Waals surface area contributed by atoms with E-state index < -0.39 is 0 Å². The van der Waals surface area contributed by atoms with Crippen molar-refractivity contribution in [1.82, 2.24) is 14.8 Å². The van der Waals surface area contributed by atoms with Crippen LogP contribution in [0.1, 0.15) is 11.1 Å². The highest BCUT2D eigenvalue weighted by atomic mass is 32.2. The van der Waals surface area contributed by atoms with Gasteiger partial charge in [0, 0.05) is 30.0 Å². The lowest BCUT2D eigenvalue weighted by Crippen LogP contribution is -1.97. The van der Waals surface area contributed by atoms with Crippen LogP contribution in [0, 0.1) is 17.0 Å². The van der Waals surface area contributed by atoms with Gasteiger partial charge in [-0.15, -0.1) is 10.2 Å². The Bertz CT molecular complexity index is 892. The van der Waals surface area contributed by atoms with E-state index in [1.165, 1.54) is 17.8 Å². The summed E-state index contributed by atoms with van der Waals surface area (Å²) < 4.78 is 1.91. The molecule has 0 N–H and O–H groups in total. The van der Waals surface area contributed by atoms with Crippen LogP contribution in [0.4, 0.5) is 5.69 Å². The third kappa shape index (κ3) is 3.30. The monoisotopic (exact) mass is 340 g/mol. The number of benzene rings is 2. The summed E-state index contributed by atoms with van der Waals surface area (Å²) in [5.74, 6) is 1.25. The topological polar surface area (TPSA) is 73.8 Å². The zero-order valence-corrected chi connectivity index (χ0v) is 14.2. The van der Waals surface area contributed by atoms with Gasteiger partial charge in [-0.2, -0.15) is 0 Å². The van der Waals surface area contributed by atoms with E-state index in [1.54, 1.807) is 18.2 Å². The molecule has 0 amide bonds. The first-order valence-corrected chi connectivity index (χ1v) is 8.36. The Hall–Kier alpha value is -2.67. The maximum atomic E-state index is 11.1. The Morgan fingerprint density at radius 1 is 1.17 bits per heavy atom. The van der Waals surface area contributed by atoms with E-state index in [9.17, 15) is 10.1 Å². The summed E-state index contributed by atoms with van der Waals surface area (Å²) in [6.07, 6.45) is 0. The molecule has 24 heavy (non-hydrogen) atoms. The standard InChI is InChI=1S/C17H16N4O2S/c1-12-6-5-8-13(10-12)16-18-19-17(20(16)2)24-11-14-7-3-4-9-15(14)21(22)23/h3-10H,11H2,1-2H3. The number of aromatic nitrogens is 3. The fourth-order valence-corrected chi connectivity index (χ4v) is 3.34. The van der Waals surface area contributed by atoms with Gasteiger partial charge in [0.05, 0.1) is 4.92 Å². The van der Waals surface area contributed by atoms with Crippen molar-refractivity contribution in [2.24, 2.45) is 7.05 Å². The second-order valence-corrected chi connectivity index (χ2v) is 6.35. The highest BCUT2D eigenvalue weighted by molar-refractivity contribution is 7.98. The maximum Gasteiger partial charge on any atom is 0.273 e. The second kappa shape index (κ2) is 6.84. The summed E-state index contributed by atoms with van der Waals surface area (Å²) >= 11 is 1.44. The number of nitrogens with zero attached hydrogens (tertiary/aromatic N) is 4. The smallest absolute Gasteiger partial charge is 0.273 e. The molecule has 3 aromatic rings. The van der Waals surface area contributed by atoms with Gasteiger partial charge in [0.1, 0.15) is 0 Å². The molecule has 1 aromatic heterocycles. The van der Waals surface area contributed by atoms with E-state index in [0.717, 1.165) is 22.1 Å². The van der Waals surface area contributed by atoms with Crippen LogP contribution in [0.2, 0.25) is 0 Å². The number of para-hydroxylation sites is 1. The van der Waals surface area contributed by atoms with E-state index in [4.69, 9.17) is 0 Å². The van der Waals surface area contributed by atoms with Gasteiger partial charge in [0.2, 0.25) is 0 Å². The molecule has 0 saturated heterocycles. The number of nitro groups is 1. The Balaban J connectivity index is 1.82. The third-order valence-corrected chi connectivity index (χ3v) is 4.73. The average molecular weight is 340 g/mol. The van der Waals surface area contributed by atoms with Crippen molar-refractivity contribution in [1.29, 1.82) is 0 Å². The molecule has 3 rings (SSSR count). The average Bonchev–Trinajstić information content (AvgIpc) is 2.94. The summed E-state index contributed by atoms with van der Waals surface area (Å²) in [6, 6.07) is 14.8. The molecule has 122 valence electrons. The fraction of sp³-hybridized carbons (Fsp3) is 0.176. The molecule has 2 aromatic carbocycles. The first-order valence-electron chi connectivity index (χ1n) is 7.38. The maximum absolute atomic E-state index is 11.1. The molecule has 0 fully saturated rings. The lowest BCUT2D eigenvalue weighted by atomic mass is 10.1. The van der Waals surface area contributed by atoms with Gasteiger partial charge in [-0.25, -0.2) is 0 Å². The molecule has 0 radical (unpaired) electrons. The minimum Gasteiger partial charge on any atom is -0.305 e. The molecule has 0 atom stereocenters. The molecule has 0 unspecified atom stereocenters. The summed E-state index contributed by atoms with van der Waals surface area (Å²) in [6.45, 7) is 2.03. The summed E-state index contributed by atoms with van der Waals surface area (Å²) in [5.41, 5.74) is 2.96. The SMILES string of the molecule is Cc1cccc(-c2nnc(SCc3ccccc3[N+](=O)[O-])n2C)c1. The van der Waals surface area contributed by atoms with E-state index in [2.05, 4.69) is 16.3 Å². The van der Waals surface area contributed by atoms with Gasteiger partial charge in [-0.1, -0.05) is 53.7 Å². The molecule has 6 nitrogen and oxygen atoms in total. The zero-order valence-electron chi connectivity index (χ0n) is 13.3. The summed E-state index contributed by atoms with van der Waals surface area (Å²) in [7, 11) is 1.90. The number of rotatable bonds is 5. The van der Waals surface area contributed by atoms with Crippen molar-refractivity contribution >= 4 is 17.4 Å². The zero-order chi connectivity index (χ0) is 17.1. The van der Waals surface area contributed by atoms with Crippen molar-refractivity contribution in [3.05, 3.63) is 69.8 Å². The van der Waals surface area contributed by atoms with Crippen molar-refractivity contribution in [3.8, 4) is 11.4 Å². The minimum absolute atomic E-state index is 0.131. The largest absolute Gasteiger partial charge is 0.305 e. The van der Waals surface area contributed by atoms with Crippen molar-refractivity contribution in [2.45, 2.75) is 17.8 Å². The van der Waals surface area contributed by atoms with Crippen LogP contribution in [-0.4, -0.2) is 19.7 Å². The summed E-state index contributed by atoms with van der Waals surface area (Å²) in [5, 5.41) is 20.3. The Kier molecular flexibility index (Phi) is 4.61. The molecular weight excluding hydrogens is 324 g/mol. The highest BCUT2D eigenvalue weighted by Crippen LogP contribution is 2.28.